The number of anilines is 1. The third-order valence-electron chi connectivity index (χ3n) is 4.45. The second-order valence-corrected chi connectivity index (χ2v) is 6.24. The maximum atomic E-state index is 12.5. The summed E-state index contributed by atoms with van der Waals surface area (Å²) in [5.74, 6) is 1.51. The van der Waals surface area contributed by atoms with Crippen molar-refractivity contribution < 1.29 is 9.53 Å². The van der Waals surface area contributed by atoms with Gasteiger partial charge in [0.15, 0.2) is 11.5 Å². The third-order valence-corrected chi connectivity index (χ3v) is 4.45. The molecule has 0 aliphatic carbocycles. The molecule has 1 amide bonds. The van der Waals surface area contributed by atoms with Gasteiger partial charge in [-0.3, -0.25) is 4.79 Å². The lowest BCUT2D eigenvalue weighted by molar-refractivity contribution is 0.0945. The summed E-state index contributed by atoms with van der Waals surface area (Å²) in [6, 6.07) is 7.24. The van der Waals surface area contributed by atoms with Crippen LogP contribution in [-0.2, 0) is 6.54 Å². The Kier molecular flexibility index (Phi) is 4.82. The molecule has 27 heavy (non-hydrogen) atoms. The smallest absolute Gasteiger partial charge is 0.257 e. The van der Waals surface area contributed by atoms with Crippen molar-refractivity contribution in [2.75, 3.05) is 24.6 Å². The van der Waals surface area contributed by atoms with Crippen molar-refractivity contribution in [2.24, 2.45) is 0 Å². The van der Waals surface area contributed by atoms with Crippen molar-refractivity contribution in [3.05, 3.63) is 41.9 Å². The lowest BCUT2D eigenvalue weighted by Gasteiger charge is -2.15. The minimum atomic E-state index is -0.279. The lowest BCUT2D eigenvalue weighted by atomic mass is 10.2. The number of hydrogen-bond donors (Lipinski definition) is 1. The molecule has 0 unspecified atom stereocenters. The van der Waals surface area contributed by atoms with Crippen LogP contribution in [0.4, 0.5) is 5.82 Å². The second-order valence-electron chi connectivity index (χ2n) is 6.24. The van der Waals surface area contributed by atoms with Crippen molar-refractivity contribution in [1.82, 2.24) is 30.1 Å². The first-order valence-electron chi connectivity index (χ1n) is 9.08. The van der Waals surface area contributed by atoms with Crippen LogP contribution in [-0.4, -0.2) is 50.4 Å². The summed E-state index contributed by atoms with van der Waals surface area (Å²) in [5, 5.41) is 15.8. The summed E-state index contributed by atoms with van der Waals surface area (Å²) in [7, 11) is 0. The molecule has 0 bridgehead atoms. The molecule has 4 heterocycles. The summed E-state index contributed by atoms with van der Waals surface area (Å²) in [6.07, 6.45) is 3.95. The Balaban J connectivity index is 1.52. The standard InChI is InChI=1S/C18H21N7O2/c1-2-27-18-13(6-5-9-19-18)17(26)20-12-16-22-21-14-7-8-15(23-25(14)16)24-10-3-4-11-24/h5-9H,2-4,10-12H2,1H3,(H,20,26). The van der Waals surface area contributed by atoms with Crippen molar-refractivity contribution >= 4 is 17.4 Å². The van der Waals surface area contributed by atoms with Gasteiger partial charge in [-0.25, -0.2) is 4.98 Å². The number of nitrogens with zero attached hydrogens (tertiary/aromatic N) is 6. The number of aromatic nitrogens is 5. The Morgan fingerprint density at radius 3 is 2.89 bits per heavy atom. The molecular formula is C18H21N7O2. The number of carbonyl (C=O) groups excluding carboxylic acids is 1. The Hall–Kier alpha value is -3.23. The fourth-order valence-electron chi connectivity index (χ4n) is 3.12. The highest BCUT2D eigenvalue weighted by molar-refractivity contribution is 5.96. The summed E-state index contributed by atoms with van der Waals surface area (Å²) in [5.41, 5.74) is 1.04. The maximum Gasteiger partial charge on any atom is 0.257 e. The number of rotatable bonds is 6. The van der Waals surface area contributed by atoms with Gasteiger partial charge in [0.2, 0.25) is 5.88 Å². The van der Waals surface area contributed by atoms with E-state index in [2.05, 4.69) is 30.5 Å². The van der Waals surface area contributed by atoms with E-state index in [1.165, 1.54) is 12.8 Å². The SMILES string of the molecule is CCOc1ncccc1C(=O)NCc1nnc2ccc(N3CCCC3)nn12. The van der Waals surface area contributed by atoms with E-state index >= 15 is 0 Å². The fraction of sp³-hybridized carbons (Fsp3) is 0.389. The van der Waals surface area contributed by atoms with E-state index in [4.69, 9.17) is 4.74 Å². The molecular weight excluding hydrogens is 346 g/mol. The first kappa shape index (κ1) is 17.2. The molecule has 0 aromatic carbocycles. The zero-order valence-corrected chi connectivity index (χ0v) is 15.1. The van der Waals surface area contributed by atoms with E-state index in [9.17, 15) is 4.79 Å². The molecule has 1 aliphatic rings. The number of hydrogen-bond acceptors (Lipinski definition) is 7. The number of nitrogens with one attached hydrogen (secondary N) is 1. The van der Waals surface area contributed by atoms with E-state index in [-0.39, 0.29) is 12.5 Å². The van der Waals surface area contributed by atoms with Gasteiger partial charge >= 0.3 is 0 Å². The van der Waals surface area contributed by atoms with Crippen molar-refractivity contribution in [1.29, 1.82) is 0 Å². The molecule has 0 spiro atoms. The Labute approximate surface area is 156 Å². The molecule has 1 N–H and O–H groups in total. The topological polar surface area (TPSA) is 97.5 Å². The van der Waals surface area contributed by atoms with Gasteiger partial charge in [-0.15, -0.1) is 15.3 Å². The monoisotopic (exact) mass is 367 g/mol. The molecule has 9 heteroatoms. The molecule has 140 valence electrons. The molecule has 1 aliphatic heterocycles. The number of amides is 1. The van der Waals surface area contributed by atoms with Gasteiger partial charge in [0.25, 0.3) is 5.91 Å². The predicted molar refractivity (Wildman–Crippen MR) is 98.8 cm³/mol. The summed E-state index contributed by atoms with van der Waals surface area (Å²) >= 11 is 0. The highest BCUT2D eigenvalue weighted by atomic mass is 16.5. The average Bonchev–Trinajstić information content (AvgIpc) is 3.36. The van der Waals surface area contributed by atoms with Gasteiger partial charge in [0.05, 0.1) is 13.2 Å². The van der Waals surface area contributed by atoms with E-state index in [0.29, 0.717) is 29.5 Å². The van der Waals surface area contributed by atoms with Gasteiger partial charge in [0, 0.05) is 19.3 Å². The number of carbonyl (C=O) groups is 1. The van der Waals surface area contributed by atoms with E-state index in [1.807, 2.05) is 19.1 Å². The van der Waals surface area contributed by atoms with Gasteiger partial charge in [-0.1, -0.05) is 0 Å². The van der Waals surface area contributed by atoms with Crippen LogP contribution in [0.5, 0.6) is 5.88 Å². The van der Waals surface area contributed by atoms with Crippen LogP contribution in [0.15, 0.2) is 30.5 Å². The van der Waals surface area contributed by atoms with E-state index in [1.54, 1.807) is 22.8 Å². The predicted octanol–water partition coefficient (Wildman–Crippen LogP) is 1.45. The first-order valence-corrected chi connectivity index (χ1v) is 9.08. The highest BCUT2D eigenvalue weighted by Crippen LogP contribution is 2.18. The Bertz CT molecular complexity index is 950. The molecule has 3 aromatic rings. The number of ether oxygens (including phenoxy) is 1. The Morgan fingerprint density at radius 1 is 1.22 bits per heavy atom. The third kappa shape index (κ3) is 3.53. The first-order chi connectivity index (χ1) is 13.3. The zero-order valence-electron chi connectivity index (χ0n) is 15.1. The number of pyridine rings is 1. The molecule has 0 radical (unpaired) electrons. The van der Waals surface area contributed by atoms with Crippen LogP contribution in [0.1, 0.15) is 35.9 Å². The van der Waals surface area contributed by atoms with E-state index < -0.39 is 0 Å². The fourth-order valence-corrected chi connectivity index (χ4v) is 3.12. The second kappa shape index (κ2) is 7.56. The minimum absolute atomic E-state index is 0.205. The average molecular weight is 367 g/mol. The molecule has 4 rings (SSSR count). The van der Waals surface area contributed by atoms with Gasteiger partial charge in [0.1, 0.15) is 11.4 Å². The molecule has 1 saturated heterocycles. The molecule has 9 nitrogen and oxygen atoms in total. The minimum Gasteiger partial charge on any atom is -0.477 e. The van der Waals surface area contributed by atoms with Crippen LogP contribution in [0.25, 0.3) is 5.65 Å². The van der Waals surface area contributed by atoms with Crippen molar-refractivity contribution in [3.8, 4) is 5.88 Å². The van der Waals surface area contributed by atoms with Crippen LogP contribution >= 0.6 is 0 Å². The summed E-state index contributed by atoms with van der Waals surface area (Å²) in [6.45, 7) is 4.51. The van der Waals surface area contributed by atoms with Gasteiger partial charge in [-0.05, 0) is 44.0 Å². The Morgan fingerprint density at radius 2 is 2.07 bits per heavy atom. The summed E-state index contributed by atoms with van der Waals surface area (Å²) < 4.78 is 7.10. The van der Waals surface area contributed by atoms with Crippen molar-refractivity contribution in [2.45, 2.75) is 26.3 Å². The highest BCUT2D eigenvalue weighted by Gasteiger charge is 2.17. The normalized spacial score (nSPS) is 13.9. The van der Waals surface area contributed by atoms with Crippen LogP contribution in [0, 0.1) is 0 Å². The lowest BCUT2D eigenvalue weighted by Crippen LogP contribution is -2.25. The van der Waals surface area contributed by atoms with Crippen LogP contribution < -0.4 is 15.0 Å². The maximum absolute atomic E-state index is 12.5. The molecule has 0 atom stereocenters. The number of fused-ring (bicyclic) bond motifs is 1. The van der Waals surface area contributed by atoms with E-state index in [0.717, 1.165) is 18.9 Å². The van der Waals surface area contributed by atoms with Crippen LogP contribution in [0.3, 0.4) is 0 Å². The molecule has 3 aromatic heterocycles. The van der Waals surface area contributed by atoms with Gasteiger partial charge < -0.3 is 15.0 Å². The van der Waals surface area contributed by atoms with Crippen molar-refractivity contribution in [3.63, 3.8) is 0 Å². The molecule has 1 fully saturated rings. The quantitative estimate of drug-likeness (QED) is 0.704. The molecule has 0 saturated carbocycles. The summed E-state index contributed by atoms with van der Waals surface area (Å²) in [4.78, 5) is 18.9. The zero-order chi connectivity index (χ0) is 18.6. The van der Waals surface area contributed by atoms with Gasteiger partial charge in [-0.2, -0.15) is 4.52 Å². The largest absolute Gasteiger partial charge is 0.477 e. The van der Waals surface area contributed by atoms with Crippen LogP contribution in [0.2, 0.25) is 0 Å².